The summed E-state index contributed by atoms with van der Waals surface area (Å²) in [7, 11) is 0. The van der Waals surface area contributed by atoms with Crippen molar-refractivity contribution in [2.75, 3.05) is 5.32 Å². The third-order valence-corrected chi connectivity index (χ3v) is 5.57. The Morgan fingerprint density at radius 1 is 1.03 bits per heavy atom. The molecule has 0 aliphatic heterocycles. The number of nitrogens with one attached hydrogen (secondary N) is 1. The number of allylic oxidation sites excluding steroid dienone is 1. The lowest BCUT2D eigenvalue weighted by Gasteiger charge is -2.12. The van der Waals surface area contributed by atoms with Gasteiger partial charge in [-0.05, 0) is 65.9 Å². The minimum absolute atomic E-state index is 0.132. The first kappa shape index (κ1) is 22.1. The zero-order valence-corrected chi connectivity index (χ0v) is 18.3. The van der Waals surface area contributed by atoms with Crippen molar-refractivity contribution in [1.82, 2.24) is 0 Å². The van der Waals surface area contributed by atoms with Crippen LogP contribution in [-0.2, 0) is 12.8 Å². The molecule has 0 aromatic heterocycles. The number of halogens is 3. The fraction of sp³-hybridized carbons (Fsp3) is 0.160. The molecule has 0 aliphatic rings. The van der Waals surface area contributed by atoms with Crippen LogP contribution in [0.15, 0.2) is 66.5 Å². The van der Waals surface area contributed by atoms with Crippen LogP contribution in [0.1, 0.15) is 39.5 Å². The van der Waals surface area contributed by atoms with Crippen LogP contribution in [0.25, 0.3) is 6.08 Å². The molecule has 0 atom stereocenters. The number of rotatable bonds is 6. The van der Waals surface area contributed by atoms with Gasteiger partial charge in [-0.1, -0.05) is 66.5 Å². The summed E-state index contributed by atoms with van der Waals surface area (Å²) in [6.45, 7) is 3.92. The predicted molar refractivity (Wildman–Crippen MR) is 124 cm³/mol. The van der Waals surface area contributed by atoms with Crippen molar-refractivity contribution in [2.24, 2.45) is 0 Å². The van der Waals surface area contributed by atoms with E-state index in [-0.39, 0.29) is 18.2 Å². The van der Waals surface area contributed by atoms with Gasteiger partial charge >= 0.3 is 0 Å². The van der Waals surface area contributed by atoms with Gasteiger partial charge in [-0.15, -0.1) is 0 Å². The first-order valence-electron chi connectivity index (χ1n) is 9.67. The molecule has 0 unspecified atom stereocenters. The number of carbonyl (C=O) groups excluding carboxylic acids is 1. The number of aryl methyl sites for hydroxylation is 2. The second-order valence-electron chi connectivity index (χ2n) is 7.06. The number of hydrogen-bond donors (Lipinski definition) is 1. The van der Waals surface area contributed by atoms with Gasteiger partial charge in [-0.3, -0.25) is 4.79 Å². The minimum Gasteiger partial charge on any atom is -0.322 e. The second-order valence-corrected chi connectivity index (χ2v) is 7.87. The maximum Gasteiger partial charge on any atom is 0.255 e. The average Bonchev–Trinajstić information content (AvgIpc) is 2.72. The molecule has 2 nitrogen and oxygen atoms in total. The van der Waals surface area contributed by atoms with E-state index in [2.05, 4.69) is 5.32 Å². The molecule has 0 heterocycles. The second kappa shape index (κ2) is 9.92. The molecular weight excluding hydrogens is 420 g/mol. The van der Waals surface area contributed by atoms with E-state index in [0.717, 1.165) is 22.4 Å². The molecule has 0 bridgehead atoms. The van der Waals surface area contributed by atoms with Crippen LogP contribution < -0.4 is 5.32 Å². The Bertz CT molecular complexity index is 1110. The van der Waals surface area contributed by atoms with Gasteiger partial charge in [0, 0.05) is 17.7 Å². The molecule has 0 radical (unpaired) electrons. The van der Waals surface area contributed by atoms with Gasteiger partial charge < -0.3 is 5.32 Å². The van der Waals surface area contributed by atoms with Crippen LogP contribution >= 0.6 is 23.2 Å². The Morgan fingerprint density at radius 3 is 2.50 bits per heavy atom. The van der Waals surface area contributed by atoms with Gasteiger partial charge in [0.25, 0.3) is 5.91 Å². The summed E-state index contributed by atoms with van der Waals surface area (Å²) in [5, 5.41) is 3.77. The lowest BCUT2D eigenvalue weighted by Crippen LogP contribution is -2.15. The zero-order chi connectivity index (χ0) is 21.7. The molecule has 0 spiro atoms. The van der Waals surface area contributed by atoms with Crippen molar-refractivity contribution >= 4 is 40.9 Å². The Morgan fingerprint density at radius 2 is 1.80 bits per heavy atom. The number of para-hydroxylation sites is 1. The summed E-state index contributed by atoms with van der Waals surface area (Å²) >= 11 is 11.9. The summed E-state index contributed by atoms with van der Waals surface area (Å²) in [5.74, 6) is -0.466. The Hall–Kier alpha value is -2.62. The molecule has 154 valence electrons. The molecule has 0 saturated carbocycles. The van der Waals surface area contributed by atoms with Crippen molar-refractivity contribution in [1.29, 1.82) is 0 Å². The highest BCUT2D eigenvalue weighted by Gasteiger charge is 2.13. The first-order chi connectivity index (χ1) is 14.4. The summed E-state index contributed by atoms with van der Waals surface area (Å²) < 4.78 is 14.5. The lowest BCUT2D eigenvalue weighted by atomic mass is 9.99. The Labute approximate surface area is 186 Å². The number of amides is 1. The maximum atomic E-state index is 14.5. The van der Waals surface area contributed by atoms with Crippen molar-refractivity contribution in [2.45, 2.75) is 26.7 Å². The quantitative estimate of drug-likeness (QED) is 0.417. The molecule has 1 amide bonds. The molecule has 3 rings (SSSR count). The molecule has 0 fully saturated rings. The van der Waals surface area contributed by atoms with E-state index in [1.807, 2.05) is 44.2 Å². The third kappa shape index (κ3) is 5.50. The van der Waals surface area contributed by atoms with Gasteiger partial charge in [0.2, 0.25) is 0 Å². The number of benzene rings is 3. The molecule has 0 saturated heterocycles. The van der Waals surface area contributed by atoms with E-state index in [0.29, 0.717) is 27.6 Å². The van der Waals surface area contributed by atoms with Crippen LogP contribution in [-0.4, -0.2) is 5.91 Å². The van der Waals surface area contributed by atoms with Crippen molar-refractivity contribution in [3.8, 4) is 0 Å². The highest BCUT2D eigenvalue weighted by molar-refractivity contribution is 6.42. The summed E-state index contributed by atoms with van der Waals surface area (Å²) in [4.78, 5) is 12.8. The summed E-state index contributed by atoms with van der Waals surface area (Å²) in [5.41, 5.74) is 4.69. The van der Waals surface area contributed by atoms with E-state index in [1.165, 1.54) is 6.08 Å². The fourth-order valence-corrected chi connectivity index (χ4v) is 3.51. The van der Waals surface area contributed by atoms with Crippen molar-refractivity contribution in [3.05, 3.63) is 104 Å². The monoisotopic (exact) mass is 441 g/mol. The summed E-state index contributed by atoms with van der Waals surface area (Å²) in [6, 6.07) is 18.0. The lowest BCUT2D eigenvalue weighted by molar-refractivity contribution is 0.102. The molecule has 1 N–H and O–H groups in total. The molecule has 3 aromatic carbocycles. The van der Waals surface area contributed by atoms with Crippen LogP contribution in [0.5, 0.6) is 0 Å². The average molecular weight is 442 g/mol. The van der Waals surface area contributed by atoms with Crippen molar-refractivity contribution in [3.63, 3.8) is 0 Å². The van der Waals surface area contributed by atoms with E-state index >= 15 is 0 Å². The largest absolute Gasteiger partial charge is 0.322 e. The zero-order valence-electron chi connectivity index (χ0n) is 16.8. The molecule has 5 heteroatoms. The van der Waals surface area contributed by atoms with E-state index in [4.69, 9.17) is 23.2 Å². The van der Waals surface area contributed by atoms with E-state index in [9.17, 15) is 9.18 Å². The van der Waals surface area contributed by atoms with Gasteiger partial charge in [0.05, 0.1) is 10.0 Å². The Kier molecular flexibility index (Phi) is 7.30. The number of anilines is 1. The number of hydrogen-bond acceptors (Lipinski definition) is 1. The smallest absolute Gasteiger partial charge is 0.255 e. The van der Waals surface area contributed by atoms with Crippen molar-refractivity contribution < 1.29 is 9.18 Å². The molecule has 3 aromatic rings. The Balaban J connectivity index is 1.78. The van der Waals surface area contributed by atoms with Crippen LogP contribution in [0, 0.1) is 6.92 Å². The van der Waals surface area contributed by atoms with Crippen LogP contribution in [0.4, 0.5) is 10.1 Å². The topological polar surface area (TPSA) is 29.1 Å². The highest BCUT2D eigenvalue weighted by atomic mass is 35.5. The van der Waals surface area contributed by atoms with E-state index < -0.39 is 0 Å². The molecule has 30 heavy (non-hydrogen) atoms. The fourth-order valence-electron chi connectivity index (χ4n) is 3.20. The van der Waals surface area contributed by atoms with E-state index in [1.54, 1.807) is 30.3 Å². The van der Waals surface area contributed by atoms with Gasteiger partial charge in [-0.2, -0.15) is 0 Å². The maximum absolute atomic E-state index is 14.5. The summed E-state index contributed by atoms with van der Waals surface area (Å²) in [6.07, 6.45) is 2.24. The predicted octanol–water partition coefficient (Wildman–Crippen LogP) is 7.67. The molecular formula is C25H22Cl2FNO. The highest BCUT2D eigenvalue weighted by Crippen LogP contribution is 2.25. The number of carbonyl (C=O) groups is 1. The van der Waals surface area contributed by atoms with Gasteiger partial charge in [0.15, 0.2) is 0 Å². The van der Waals surface area contributed by atoms with Gasteiger partial charge in [-0.25, -0.2) is 4.39 Å². The molecule has 0 aliphatic carbocycles. The van der Waals surface area contributed by atoms with Gasteiger partial charge in [0.1, 0.15) is 5.83 Å². The standard InChI is InChI=1S/C25H22Cl2FNO/c1-3-19-12-17(13-20(28)14-18-9-11-22(26)23(27)15-18)8-10-21(19)25(30)29-24-7-5-4-6-16(24)2/h4-12,14-15H,3,13H2,1-2H3,(H,29,30). The normalized spacial score (nSPS) is 11.4. The minimum atomic E-state index is -0.299. The van der Waals surface area contributed by atoms with Crippen LogP contribution in [0.3, 0.4) is 0 Å². The first-order valence-corrected chi connectivity index (χ1v) is 10.4. The van der Waals surface area contributed by atoms with Crippen LogP contribution in [0.2, 0.25) is 10.0 Å². The third-order valence-electron chi connectivity index (χ3n) is 4.83. The SMILES string of the molecule is CCc1cc(CC(F)=Cc2ccc(Cl)c(Cl)c2)ccc1C(=O)Nc1ccccc1C.